The minimum absolute atomic E-state index is 0.143. The summed E-state index contributed by atoms with van der Waals surface area (Å²) in [6, 6.07) is 22.9. The molecule has 0 aliphatic heterocycles. The normalized spacial score (nSPS) is 11.3. The molecular weight excluding hydrogens is 406 g/mol. The Bertz CT molecular complexity index is 1240. The third-order valence-electron chi connectivity index (χ3n) is 4.11. The summed E-state index contributed by atoms with van der Waals surface area (Å²) < 4.78 is 28.3. The molecule has 29 heavy (non-hydrogen) atoms. The number of amides is 1. The van der Waals surface area contributed by atoms with E-state index < -0.39 is 10.0 Å². The molecule has 0 atom stereocenters. The third kappa shape index (κ3) is 4.79. The van der Waals surface area contributed by atoms with E-state index in [4.69, 9.17) is 0 Å². The maximum absolute atomic E-state index is 12.6. The number of anilines is 2. The van der Waals surface area contributed by atoms with Crippen LogP contribution in [0.2, 0.25) is 0 Å². The van der Waals surface area contributed by atoms with E-state index in [1.165, 1.54) is 17.4 Å². The van der Waals surface area contributed by atoms with Crippen molar-refractivity contribution in [2.45, 2.75) is 5.75 Å². The molecule has 0 bridgehead atoms. The lowest BCUT2D eigenvalue weighted by Gasteiger charge is -2.09. The smallest absolute Gasteiger partial charge is 0.257 e. The summed E-state index contributed by atoms with van der Waals surface area (Å²) in [6.07, 6.45) is 0. The van der Waals surface area contributed by atoms with Crippen molar-refractivity contribution in [3.05, 3.63) is 90.0 Å². The number of fused-ring (bicyclic) bond motifs is 1. The van der Waals surface area contributed by atoms with Gasteiger partial charge in [-0.3, -0.25) is 14.8 Å². The van der Waals surface area contributed by atoms with Crippen molar-refractivity contribution < 1.29 is 13.2 Å². The third-order valence-corrected chi connectivity index (χ3v) is 6.32. The molecule has 0 fully saturated rings. The fourth-order valence-electron chi connectivity index (χ4n) is 2.83. The number of nitrogens with one attached hydrogen (secondary N) is 2. The lowest BCUT2D eigenvalue weighted by molar-refractivity contribution is 0.102. The Morgan fingerprint density at radius 3 is 2.48 bits per heavy atom. The second kappa shape index (κ2) is 8.02. The summed E-state index contributed by atoms with van der Waals surface area (Å²) in [7, 11) is -3.60. The van der Waals surface area contributed by atoms with E-state index >= 15 is 0 Å². The second-order valence-electron chi connectivity index (χ2n) is 6.37. The van der Waals surface area contributed by atoms with Crippen LogP contribution in [-0.2, 0) is 15.8 Å². The van der Waals surface area contributed by atoms with Gasteiger partial charge in [0.15, 0.2) is 5.13 Å². The Balaban J connectivity index is 1.48. The Morgan fingerprint density at radius 1 is 0.931 bits per heavy atom. The molecule has 6 nitrogen and oxygen atoms in total. The minimum atomic E-state index is -3.60. The van der Waals surface area contributed by atoms with E-state index in [9.17, 15) is 13.2 Å². The predicted octanol–water partition coefficient (Wildman–Crippen LogP) is 4.49. The number of benzene rings is 3. The van der Waals surface area contributed by atoms with Crippen molar-refractivity contribution in [3.8, 4) is 0 Å². The summed E-state index contributed by atoms with van der Waals surface area (Å²) in [6.45, 7) is 0. The SMILES string of the molecule is O=C(Nc1nc2ccccc2s1)c1cccc(NS(=O)(=O)Cc2ccccc2)c1. The van der Waals surface area contributed by atoms with E-state index in [0.29, 0.717) is 21.9 Å². The number of hydrogen-bond acceptors (Lipinski definition) is 5. The van der Waals surface area contributed by atoms with Gasteiger partial charge in [-0.05, 0) is 35.9 Å². The lowest BCUT2D eigenvalue weighted by atomic mass is 10.2. The number of rotatable bonds is 6. The van der Waals surface area contributed by atoms with Crippen LogP contribution in [0.1, 0.15) is 15.9 Å². The molecule has 3 aromatic carbocycles. The van der Waals surface area contributed by atoms with Gasteiger partial charge in [-0.2, -0.15) is 0 Å². The Labute approximate surface area is 172 Å². The Hall–Kier alpha value is -3.23. The number of carbonyl (C=O) groups excluding carboxylic acids is 1. The maximum atomic E-state index is 12.6. The van der Waals surface area contributed by atoms with Gasteiger partial charge in [0.05, 0.1) is 16.0 Å². The Kier molecular flexibility index (Phi) is 5.28. The van der Waals surface area contributed by atoms with Crippen LogP contribution in [0, 0.1) is 0 Å². The zero-order valence-electron chi connectivity index (χ0n) is 15.2. The van der Waals surface area contributed by atoms with Gasteiger partial charge in [-0.25, -0.2) is 13.4 Å². The van der Waals surface area contributed by atoms with Crippen LogP contribution in [0.3, 0.4) is 0 Å². The highest BCUT2D eigenvalue weighted by atomic mass is 32.2. The zero-order valence-corrected chi connectivity index (χ0v) is 16.8. The van der Waals surface area contributed by atoms with Crippen molar-refractivity contribution in [1.29, 1.82) is 0 Å². The van der Waals surface area contributed by atoms with Crippen LogP contribution in [0.4, 0.5) is 10.8 Å². The van der Waals surface area contributed by atoms with Crippen LogP contribution in [0.15, 0.2) is 78.9 Å². The van der Waals surface area contributed by atoms with Crippen molar-refractivity contribution in [2.75, 3.05) is 10.0 Å². The van der Waals surface area contributed by atoms with E-state index in [0.717, 1.165) is 10.2 Å². The quantitative estimate of drug-likeness (QED) is 0.478. The van der Waals surface area contributed by atoms with Gasteiger partial charge >= 0.3 is 0 Å². The molecule has 0 spiro atoms. The van der Waals surface area contributed by atoms with Gasteiger partial charge in [-0.15, -0.1) is 0 Å². The predicted molar refractivity (Wildman–Crippen MR) is 117 cm³/mol. The summed E-state index contributed by atoms with van der Waals surface area (Å²) >= 11 is 1.38. The fraction of sp³-hybridized carbons (Fsp3) is 0.0476. The highest BCUT2D eigenvalue weighted by Crippen LogP contribution is 2.26. The molecule has 0 saturated heterocycles. The number of sulfonamides is 1. The van der Waals surface area contributed by atoms with Crippen LogP contribution in [0.25, 0.3) is 10.2 Å². The fourth-order valence-corrected chi connectivity index (χ4v) is 4.88. The monoisotopic (exact) mass is 423 g/mol. The maximum Gasteiger partial charge on any atom is 0.257 e. The molecule has 0 saturated carbocycles. The van der Waals surface area contributed by atoms with Gasteiger partial charge in [0.2, 0.25) is 10.0 Å². The summed E-state index contributed by atoms with van der Waals surface area (Å²) in [4.78, 5) is 17.0. The molecule has 4 aromatic rings. The van der Waals surface area contributed by atoms with Crippen LogP contribution >= 0.6 is 11.3 Å². The van der Waals surface area contributed by atoms with Crippen molar-refractivity contribution in [1.82, 2.24) is 4.98 Å². The molecule has 0 aliphatic carbocycles. The molecule has 4 rings (SSSR count). The molecule has 8 heteroatoms. The molecule has 0 radical (unpaired) electrons. The molecule has 1 amide bonds. The average molecular weight is 424 g/mol. The highest BCUT2D eigenvalue weighted by Gasteiger charge is 2.14. The van der Waals surface area contributed by atoms with E-state index in [-0.39, 0.29) is 11.7 Å². The van der Waals surface area contributed by atoms with Crippen LogP contribution in [-0.4, -0.2) is 19.3 Å². The van der Waals surface area contributed by atoms with Crippen LogP contribution in [0.5, 0.6) is 0 Å². The molecule has 146 valence electrons. The number of nitrogens with zero attached hydrogens (tertiary/aromatic N) is 1. The van der Waals surface area contributed by atoms with E-state index in [1.54, 1.807) is 42.5 Å². The zero-order chi connectivity index (χ0) is 20.3. The molecule has 1 aromatic heterocycles. The van der Waals surface area contributed by atoms with Gasteiger partial charge in [0.25, 0.3) is 5.91 Å². The molecule has 1 heterocycles. The summed E-state index contributed by atoms with van der Waals surface area (Å²) in [5, 5.41) is 3.26. The van der Waals surface area contributed by atoms with Crippen molar-refractivity contribution in [3.63, 3.8) is 0 Å². The number of thiazole rings is 1. The summed E-state index contributed by atoms with van der Waals surface area (Å²) in [5.74, 6) is -0.496. The van der Waals surface area contributed by atoms with Gasteiger partial charge in [-0.1, -0.05) is 59.9 Å². The standard InChI is InChI=1S/C21H17N3O3S2/c25-20(23-21-22-18-11-4-5-12-19(18)28-21)16-9-6-10-17(13-16)24-29(26,27)14-15-7-2-1-3-8-15/h1-13,24H,14H2,(H,22,23,25). The highest BCUT2D eigenvalue weighted by molar-refractivity contribution is 7.91. The van der Waals surface area contributed by atoms with Crippen molar-refractivity contribution >= 4 is 48.3 Å². The van der Waals surface area contributed by atoms with Crippen molar-refractivity contribution in [2.24, 2.45) is 0 Å². The first-order valence-electron chi connectivity index (χ1n) is 8.80. The first-order chi connectivity index (χ1) is 14.0. The molecule has 0 aliphatic rings. The minimum Gasteiger partial charge on any atom is -0.298 e. The van der Waals surface area contributed by atoms with E-state index in [1.807, 2.05) is 30.3 Å². The number of hydrogen-bond donors (Lipinski definition) is 2. The van der Waals surface area contributed by atoms with Gasteiger partial charge < -0.3 is 0 Å². The van der Waals surface area contributed by atoms with E-state index in [2.05, 4.69) is 15.0 Å². The Morgan fingerprint density at radius 2 is 1.69 bits per heavy atom. The summed E-state index contributed by atoms with van der Waals surface area (Å²) in [5.41, 5.74) is 2.17. The first kappa shape index (κ1) is 19.1. The van der Waals surface area contributed by atoms with Gasteiger partial charge in [0, 0.05) is 11.3 Å². The van der Waals surface area contributed by atoms with Crippen LogP contribution < -0.4 is 10.0 Å². The lowest BCUT2D eigenvalue weighted by Crippen LogP contribution is -2.16. The first-order valence-corrected chi connectivity index (χ1v) is 11.3. The average Bonchev–Trinajstić information content (AvgIpc) is 3.10. The topological polar surface area (TPSA) is 88.2 Å². The number of aromatic nitrogens is 1. The molecular formula is C21H17N3O3S2. The number of carbonyl (C=O) groups is 1. The number of para-hydroxylation sites is 1. The molecule has 0 unspecified atom stereocenters. The van der Waals surface area contributed by atoms with Gasteiger partial charge in [0.1, 0.15) is 0 Å². The molecule has 2 N–H and O–H groups in total. The second-order valence-corrected chi connectivity index (χ2v) is 9.12. The largest absolute Gasteiger partial charge is 0.298 e.